The molecule has 0 radical (unpaired) electrons. The lowest BCUT2D eigenvalue weighted by Gasteiger charge is -1.98. The Bertz CT molecular complexity index is 275. The molecule has 3 heteroatoms. The molecule has 0 aromatic heterocycles. The van der Waals surface area contributed by atoms with Crippen molar-refractivity contribution in [3.05, 3.63) is 22.7 Å². The highest BCUT2D eigenvalue weighted by Crippen LogP contribution is 2.14. The molecule has 0 saturated heterocycles. The minimum absolute atomic E-state index is 0.0539. The van der Waals surface area contributed by atoms with Crippen molar-refractivity contribution in [2.45, 2.75) is 13.8 Å². The van der Waals surface area contributed by atoms with Crippen molar-refractivity contribution in [3.63, 3.8) is 0 Å². The molecule has 0 heterocycles. The van der Waals surface area contributed by atoms with E-state index in [-0.39, 0.29) is 17.2 Å². The van der Waals surface area contributed by atoms with Gasteiger partial charge in [0, 0.05) is 0 Å². The quantitative estimate of drug-likeness (QED) is 0.417. The Kier molecular flexibility index (Phi) is 3.43. The average molecular weight is 145 g/mol. The van der Waals surface area contributed by atoms with Crippen LogP contribution in [0, 0.1) is 35.2 Å². The minimum Gasteiger partial charge on any atom is -0.240 e. The van der Waals surface area contributed by atoms with E-state index in [2.05, 4.69) is 4.85 Å². The summed E-state index contributed by atoms with van der Waals surface area (Å²) in [5, 5.41) is 16.8. The van der Waals surface area contributed by atoms with Crippen LogP contribution in [0.25, 0.3) is 4.85 Å². The second-order valence-corrected chi connectivity index (χ2v) is 2.25. The van der Waals surface area contributed by atoms with Crippen molar-refractivity contribution in [1.82, 2.24) is 0 Å². The van der Waals surface area contributed by atoms with Gasteiger partial charge in [-0.3, -0.25) is 0 Å². The van der Waals surface area contributed by atoms with Gasteiger partial charge in [-0.25, -0.2) is 4.85 Å². The van der Waals surface area contributed by atoms with Crippen LogP contribution in [0.15, 0.2) is 11.3 Å². The molecule has 3 nitrogen and oxygen atoms in total. The van der Waals surface area contributed by atoms with Crippen LogP contribution in [0.5, 0.6) is 0 Å². The smallest absolute Gasteiger partial charge is 0.195 e. The standard InChI is InChI=1S/C8H7N3/c1-6(2)8(11-3)7(4-9)5-10/h6H,1-2H3. The highest BCUT2D eigenvalue weighted by atomic mass is 14.7. The third-order valence-corrected chi connectivity index (χ3v) is 1.15. The summed E-state index contributed by atoms with van der Waals surface area (Å²) in [6, 6.07) is 3.38. The van der Waals surface area contributed by atoms with Crippen LogP contribution in [0.4, 0.5) is 0 Å². The molecule has 0 amide bonds. The molecule has 0 saturated carbocycles. The molecule has 0 bridgehead atoms. The van der Waals surface area contributed by atoms with E-state index in [0.29, 0.717) is 0 Å². The summed E-state index contributed by atoms with van der Waals surface area (Å²) in [6.45, 7) is 10.3. The van der Waals surface area contributed by atoms with E-state index in [1.807, 2.05) is 0 Å². The number of allylic oxidation sites excluding steroid dienone is 2. The molecule has 0 fully saturated rings. The van der Waals surface area contributed by atoms with Crippen molar-refractivity contribution >= 4 is 0 Å². The third-order valence-electron chi connectivity index (χ3n) is 1.15. The Balaban J connectivity index is 5.08. The number of nitriles is 2. The lowest BCUT2D eigenvalue weighted by Crippen LogP contribution is -1.92. The van der Waals surface area contributed by atoms with Crippen molar-refractivity contribution in [3.8, 4) is 12.1 Å². The predicted molar refractivity (Wildman–Crippen MR) is 39.7 cm³/mol. The van der Waals surface area contributed by atoms with Crippen molar-refractivity contribution in [1.29, 1.82) is 10.5 Å². The maximum absolute atomic E-state index is 8.40. The fourth-order valence-electron chi connectivity index (χ4n) is 0.613. The summed E-state index contributed by atoms with van der Waals surface area (Å²) < 4.78 is 0. The molecular formula is C8H7N3. The molecule has 0 atom stereocenters. The van der Waals surface area contributed by atoms with E-state index in [4.69, 9.17) is 17.1 Å². The first-order chi connectivity index (χ1) is 5.17. The van der Waals surface area contributed by atoms with Crippen molar-refractivity contribution < 1.29 is 0 Å². The lowest BCUT2D eigenvalue weighted by molar-refractivity contribution is 0.786. The Morgan fingerprint density at radius 2 is 1.82 bits per heavy atom. The summed E-state index contributed by atoms with van der Waals surface area (Å²) in [6.07, 6.45) is 0. The maximum Gasteiger partial charge on any atom is 0.195 e. The average Bonchev–Trinajstić information content (AvgIpc) is 1.99. The van der Waals surface area contributed by atoms with E-state index in [0.717, 1.165) is 0 Å². The first-order valence-corrected chi connectivity index (χ1v) is 3.09. The normalized spacial score (nSPS) is 7.64. The van der Waals surface area contributed by atoms with Gasteiger partial charge in [-0.1, -0.05) is 13.8 Å². The molecule has 0 aliphatic heterocycles. The topological polar surface area (TPSA) is 51.9 Å². The highest BCUT2D eigenvalue weighted by molar-refractivity contribution is 5.43. The monoisotopic (exact) mass is 145 g/mol. The predicted octanol–water partition coefficient (Wildman–Crippen LogP) is 1.86. The third kappa shape index (κ3) is 2.12. The Hall–Kier alpha value is -1.79. The Morgan fingerprint density at radius 3 is 1.91 bits per heavy atom. The molecule has 0 aliphatic carbocycles. The van der Waals surface area contributed by atoms with Gasteiger partial charge >= 0.3 is 0 Å². The van der Waals surface area contributed by atoms with E-state index < -0.39 is 0 Å². The molecular weight excluding hydrogens is 138 g/mol. The molecule has 0 aromatic carbocycles. The summed E-state index contributed by atoms with van der Waals surface area (Å²) in [7, 11) is 0. The van der Waals surface area contributed by atoms with Gasteiger partial charge in [-0.2, -0.15) is 10.5 Å². The maximum atomic E-state index is 8.40. The van der Waals surface area contributed by atoms with E-state index >= 15 is 0 Å². The lowest BCUT2D eigenvalue weighted by atomic mass is 10.1. The number of hydrogen-bond donors (Lipinski definition) is 0. The fourth-order valence-corrected chi connectivity index (χ4v) is 0.613. The SMILES string of the molecule is [C-]#[N+]C(=C(C#N)C#N)C(C)C. The van der Waals surface area contributed by atoms with E-state index in [1.165, 1.54) is 0 Å². The van der Waals surface area contributed by atoms with Crippen LogP contribution in [-0.2, 0) is 0 Å². The number of hydrogen-bond acceptors (Lipinski definition) is 2. The van der Waals surface area contributed by atoms with E-state index in [9.17, 15) is 0 Å². The molecule has 54 valence electrons. The molecule has 0 unspecified atom stereocenters. The minimum atomic E-state index is -0.0741. The zero-order chi connectivity index (χ0) is 8.85. The molecule has 0 spiro atoms. The molecule has 0 rings (SSSR count). The summed E-state index contributed by atoms with van der Waals surface area (Å²) in [5.41, 5.74) is 0.171. The summed E-state index contributed by atoms with van der Waals surface area (Å²) in [4.78, 5) is 3.11. The molecule has 0 aromatic rings. The second-order valence-electron chi connectivity index (χ2n) is 2.25. The molecule has 0 N–H and O–H groups in total. The van der Waals surface area contributed by atoms with Gasteiger partial charge < -0.3 is 0 Å². The highest BCUT2D eigenvalue weighted by Gasteiger charge is 2.09. The van der Waals surface area contributed by atoms with Gasteiger partial charge in [0.1, 0.15) is 5.57 Å². The van der Waals surface area contributed by atoms with Gasteiger partial charge in [0.15, 0.2) is 5.70 Å². The van der Waals surface area contributed by atoms with Gasteiger partial charge in [0.2, 0.25) is 0 Å². The Morgan fingerprint density at radius 1 is 1.36 bits per heavy atom. The van der Waals surface area contributed by atoms with Gasteiger partial charge in [0.05, 0.1) is 18.7 Å². The second kappa shape index (κ2) is 4.09. The van der Waals surface area contributed by atoms with Crippen LogP contribution >= 0.6 is 0 Å². The largest absolute Gasteiger partial charge is 0.240 e. The van der Waals surface area contributed by atoms with Gasteiger partial charge in [-0.05, 0) is 5.92 Å². The zero-order valence-corrected chi connectivity index (χ0v) is 6.42. The first-order valence-electron chi connectivity index (χ1n) is 3.09. The number of rotatable bonds is 1. The van der Waals surface area contributed by atoms with Crippen molar-refractivity contribution in [2.75, 3.05) is 0 Å². The van der Waals surface area contributed by atoms with Crippen LogP contribution < -0.4 is 0 Å². The molecule has 0 aliphatic rings. The summed E-state index contributed by atoms with van der Waals surface area (Å²) in [5.74, 6) is -0.0539. The summed E-state index contributed by atoms with van der Waals surface area (Å²) >= 11 is 0. The molecule has 11 heavy (non-hydrogen) atoms. The van der Waals surface area contributed by atoms with Crippen LogP contribution in [-0.4, -0.2) is 0 Å². The number of nitrogens with zero attached hydrogens (tertiary/aromatic N) is 3. The van der Waals surface area contributed by atoms with Crippen LogP contribution in [0.1, 0.15) is 13.8 Å². The van der Waals surface area contributed by atoms with Gasteiger partial charge in [-0.15, -0.1) is 0 Å². The van der Waals surface area contributed by atoms with Gasteiger partial charge in [0.25, 0.3) is 0 Å². The fraction of sp³-hybridized carbons (Fsp3) is 0.375. The van der Waals surface area contributed by atoms with E-state index in [1.54, 1.807) is 26.0 Å². The zero-order valence-electron chi connectivity index (χ0n) is 6.42. The first kappa shape index (κ1) is 9.21. The van der Waals surface area contributed by atoms with Crippen LogP contribution in [0.3, 0.4) is 0 Å². The van der Waals surface area contributed by atoms with Crippen molar-refractivity contribution in [2.24, 2.45) is 5.92 Å². The van der Waals surface area contributed by atoms with Crippen LogP contribution in [0.2, 0.25) is 0 Å². The Labute approximate surface area is 66.0 Å².